The maximum Gasteiger partial charge on any atom is 0.306 e. The number of methoxy groups -OCH3 is 1. The zero-order valence-electron chi connectivity index (χ0n) is 14.0. The van der Waals surface area contributed by atoms with E-state index < -0.39 is 5.97 Å². The Bertz CT molecular complexity index is 753. The topological polar surface area (TPSA) is 75.6 Å². The lowest BCUT2D eigenvalue weighted by atomic mass is 10.0. The van der Waals surface area contributed by atoms with E-state index in [1.807, 2.05) is 24.3 Å². The molecule has 0 bridgehead atoms. The Labute approximate surface area is 150 Å². The van der Waals surface area contributed by atoms with Crippen molar-refractivity contribution in [3.8, 4) is 16.9 Å². The summed E-state index contributed by atoms with van der Waals surface area (Å²) in [5.41, 5.74) is 2.22. The molecule has 25 heavy (non-hydrogen) atoms. The van der Waals surface area contributed by atoms with Gasteiger partial charge in [0.15, 0.2) is 0 Å². The van der Waals surface area contributed by atoms with Crippen molar-refractivity contribution in [2.75, 3.05) is 7.11 Å². The quantitative estimate of drug-likeness (QED) is 0.827. The van der Waals surface area contributed by atoms with Crippen LogP contribution < -0.4 is 10.1 Å². The first-order valence-corrected chi connectivity index (χ1v) is 9.17. The van der Waals surface area contributed by atoms with Crippen molar-refractivity contribution >= 4 is 23.2 Å². The molecular formula is C19H21NO4S. The van der Waals surface area contributed by atoms with Crippen molar-refractivity contribution in [2.24, 2.45) is 11.8 Å². The zero-order chi connectivity index (χ0) is 17.8. The smallest absolute Gasteiger partial charge is 0.306 e. The lowest BCUT2D eigenvalue weighted by Gasteiger charge is -2.09. The molecule has 3 rings (SSSR count). The SMILES string of the molecule is COc1ccc(-c2csc(CNC(=O)[C@@H]3CC[C@H](C(=O)O)C3)c2)cc1. The number of hydrogen-bond acceptors (Lipinski definition) is 4. The molecule has 0 spiro atoms. The van der Waals surface area contributed by atoms with Crippen molar-refractivity contribution in [3.05, 3.63) is 40.6 Å². The Balaban J connectivity index is 1.55. The van der Waals surface area contributed by atoms with Crippen LogP contribution in [0.4, 0.5) is 0 Å². The average molecular weight is 359 g/mol. The number of aliphatic carboxylic acids is 1. The van der Waals surface area contributed by atoms with Crippen LogP contribution in [0.15, 0.2) is 35.7 Å². The predicted octanol–water partition coefficient (Wildman–Crippen LogP) is 3.54. The van der Waals surface area contributed by atoms with Gasteiger partial charge in [-0.2, -0.15) is 0 Å². The molecular weight excluding hydrogens is 338 g/mol. The molecule has 0 unspecified atom stereocenters. The van der Waals surface area contributed by atoms with Crippen LogP contribution in [0.1, 0.15) is 24.1 Å². The van der Waals surface area contributed by atoms with Gasteiger partial charge in [0.2, 0.25) is 5.91 Å². The molecule has 2 N–H and O–H groups in total. The molecule has 0 saturated heterocycles. The summed E-state index contributed by atoms with van der Waals surface area (Å²) < 4.78 is 5.16. The third-order valence-electron chi connectivity index (χ3n) is 4.67. The molecule has 0 aliphatic heterocycles. The fourth-order valence-electron chi connectivity index (χ4n) is 3.17. The molecule has 2 atom stereocenters. The summed E-state index contributed by atoms with van der Waals surface area (Å²) in [6, 6.07) is 9.93. The molecule has 132 valence electrons. The van der Waals surface area contributed by atoms with Gasteiger partial charge in [0.25, 0.3) is 0 Å². The van der Waals surface area contributed by atoms with Gasteiger partial charge in [-0.05, 0) is 54.0 Å². The number of thiophene rings is 1. The second-order valence-corrected chi connectivity index (χ2v) is 7.29. The minimum Gasteiger partial charge on any atom is -0.497 e. The van der Waals surface area contributed by atoms with Crippen molar-refractivity contribution in [3.63, 3.8) is 0 Å². The van der Waals surface area contributed by atoms with E-state index in [9.17, 15) is 9.59 Å². The molecule has 1 aromatic heterocycles. The molecule has 1 aliphatic rings. The van der Waals surface area contributed by atoms with E-state index in [0.717, 1.165) is 21.8 Å². The summed E-state index contributed by atoms with van der Waals surface area (Å²) in [6.45, 7) is 0.480. The average Bonchev–Trinajstić information content (AvgIpc) is 3.29. The van der Waals surface area contributed by atoms with Gasteiger partial charge >= 0.3 is 5.97 Å². The van der Waals surface area contributed by atoms with Gasteiger partial charge in [0.1, 0.15) is 5.75 Å². The van der Waals surface area contributed by atoms with Gasteiger partial charge in [-0.1, -0.05) is 12.1 Å². The highest BCUT2D eigenvalue weighted by atomic mass is 32.1. The molecule has 1 aromatic carbocycles. The molecule has 1 aliphatic carbocycles. The Morgan fingerprint density at radius 2 is 1.92 bits per heavy atom. The highest BCUT2D eigenvalue weighted by molar-refractivity contribution is 7.10. The van der Waals surface area contributed by atoms with Crippen LogP contribution in [0, 0.1) is 11.8 Å². The monoisotopic (exact) mass is 359 g/mol. The number of ether oxygens (including phenoxy) is 1. The lowest BCUT2D eigenvalue weighted by Crippen LogP contribution is -2.29. The second kappa shape index (κ2) is 7.70. The van der Waals surface area contributed by atoms with Crippen molar-refractivity contribution in [1.82, 2.24) is 5.32 Å². The van der Waals surface area contributed by atoms with Crippen LogP contribution in [0.2, 0.25) is 0 Å². The van der Waals surface area contributed by atoms with Crippen molar-refractivity contribution in [1.29, 1.82) is 0 Å². The summed E-state index contributed by atoms with van der Waals surface area (Å²) in [4.78, 5) is 24.3. The van der Waals surface area contributed by atoms with E-state index in [1.165, 1.54) is 0 Å². The fraction of sp³-hybridized carbons (Fsp3) is 0.368. The fourth-order valence-corrected chi connectivity index (χ4v) is 4.00. The van der Waals surface area contributed by atoms with Gasteiger partial charge < -0.3 is 15.2 Å². The predicted molar refractivity (Wildman–Crippen MR) is 96.6 cm³/mol. The third-order valence-corrected chi connectivity index (χ3v) is 5.60. The molecule has 0 radical (unpaired) electrons. The number of carbonyl (C=O) groups excluding carboxylic acids is 1. The van der Waals surface area contributed by atoms with Crippen molar-refractivity contribution < 1.29 is 19.4 Å². The largest absolute Gasteiger partial charge is 0.497 e. The van der Waals surface area contributed by atoms with E-state index >= 15 is 0 Å². The number of rotatable bonds is 6. The summed E-state index contributed by atoms with van der Waals surface area (Å²) in [6.07, 6.45) is 1.70. The maximum absolute atomic E-state index is 12.2. The highest BCUT2D eigenvalue weighted by Crippen LogP contribution is 2.31. The first-order chi connectivity index (χ1) is 12.1. The van der Waals surface area contributed by atoms with E-state index in [0.29, 0.717) is 25.8 Å². The summed E-state index contributed by atoms with van der Waals surface area (Å²) in [5, 5.41) is 14.0. The van der Waals surface area contributed by atoms with Crippen LogP contribution >= 0.6 is 11.3 Å². The molecule has 1 fully saturated rings. The summed E-state index contributed by atoms with van der Waals surface area (Å²) in [7, 11) is 1.64. The first kappa shape index (κ1) is 17.5. The molecule has 6 heteroatoms. The molecule has 1 heterocycles. The van der Waals surface area contributed by atoms with Crippen molar-refractivity contribution in [2.45, 2.75) is 25.8 Å². The molecule has 5 nitrogen and oxygen atoms in total. The molecule has 1 saturated carbocycles. The van der Waals surface area contributed by atoms with E-state index in [4.69, 9.17) is 9.84 Å². The number of nitrogens with one attached hydrogen (secondary N) is 1. The maximum atomic E-state index is 12.2. The van der Waals surface area contributed by atoms with Gasteiger partial charge in [-0.3, -0.25) is 9.59 Å². The number of carboxylic acids is 1. The van der Waals surface area contributed by atoms with Crippen LogP contribution in [0.25, 0.3) is 11.1 Å². The van der Waals surface area contributed by atoms with Crippen LogP contribution in [0.3, 0.4) is 0 Å². The van der Waals surface area contributed by atoms with Gasteiger partial charge in [0.05, 0.1) is 19.6 Å². The Hall–Kier alpha value is -2.34. The third kappa shape index (κ3) is 4.20. The Morgan fingerprint density at radius 3 is 2.56 bits per heavy atom. The number of carboxylic acid groups (broad SMARTS) is 1. The number of carbonyl (C=O) groups is 2. The van der Waals surface area contributed by atoms with E-state index in [-0.39, 0.29) is 17.7 Å². The van der Waals surface area contributed by atoms with E-state index in [1.54, 1.807) is 18.4 Å². The van der Waals surface area contributed by atoms with Gasteiger partial charge in [-0.15, -0.1) is 11.3 Å². The minimum atomic E-state index is -0.794. The highest BCUT2D eigenvalue weighted by Gasteiger charge is 2.33. The Morgan fingerprint density at radius 1 is 1.20 bits per heavy atom. The van der Waals surface area contributed by atoms with Gasteiger partial charge in [0, 0.05) is 10.8 Å². The van der Waals surface area contributed by atoms with Crippen LogP contribution in [0.5, 0.6) is 5.75 Å². The van der Waals surface area contributed by atoms with Crippen LogP contribution in [-0.4, -0.2) is 24.1 Å². The van der Waals surface area contributed by atoms with Gasteiger partial charge in [-0.25, -0.2) is 0 Å². The first-order valence-electron chi connectivity index (χ1n) is 8.29. The normalized spacial score (nSPS) is 19.6. The second-order valence-electron chi connectivity index (χ2n) is 6.29. The number of amides is 1. The number of hydrogen-bond donors (Lipinski definition) is 2. The standard InChI is InChI=1S/C19H21NO4S/c1-24-16-6-4-12(5-7-16)15-9-17(25-11-15)10-20-18(21)13-2-3-14(8-13)19(22)23/h4-7,9,11,13-14H,2-3,8,10H2,1H3,(H,20,21)(H,22,23)/t13-,14+/m1/s1. The summed E-state index contributed by atoms with van der Waals surface area (Å²) in [5.74, 6) is -0.565. The van der Waals surface area contributed by atoms with Crippen LogP contribution in [-0.2, 0) is 16.1 Å². The lowest BCUT2D eigenvalue weighted by molar-refractivity contribution is -0.141. The molecule has 1 amide bonds. The summed E-state index contributed by atoms with van der Waals surface area (Å²) >= 11 is 1.60. The Kier molecular flexibility index (Phi) is 5.38. The number of benzene rings is 1. The minimum absolute atomic E-state index is 0.0388. The van der Waals surface area contributed by atoms with E-state index in [2.05, 4.69) is 16.8 Å². The molecule has 2 aromatic rings. The zero-order valence-corrected chi connectivity index (χ0v) is 14.8.